The lowest BCUT2D eigenvalue weighted by Gasteiger charge is -2.46. The molecule has 0 saturated heterocycles. The van der Waals surface area contributed by atoms with E-state index in [-0.39, 0.29) is 5.41 Å². The minimum Gasteiger partial charge on any atom is -0.463 e. The van der Waals surface area contributed by atoms with Crippen molar-refractivity contribution in [1.29, 1.82) is 0 Å². The first kappa shape index (κ1) is 14.4. The number of anilines is 1. The van der Waals surface area contributed by atoms with Crippen LogP contribution in [0.25, 0.3) is 6.08 Å². The molecule has 2 heteroatoms. The molecule has 1 unspecified atom stereocenters. The Hall–Kier alpha value is -2.22. The van der Waals surface area contributed by atoms with Crippen molar-refractivity contribution in [1.82, 2.24) is 0 Å². The highest BCUT2D eigenvalue weighted by Crippen LogP contribution is 2.54. The lowest BCUT2D eigenvalue weighted by Crippen LogP contribution is -2.58. The summed E-state index contributed by atoms with van der Waals surface area (Å²) in [5.74, 6) is 0.984. The zero-order valence-corrected chi connectivity index (χ0v) is 14.5. The molecule has 1 spiro atoms. The number of fused-ring (bicyclic) bond motifs is 2. The minimum absolute atomic E-state index is 0.135. The third-order valence-corrected chi connectivity index (χ3v) is 5.57. The van der Waals surface area contributed by atoms with Gasteiger partial charge in [-0.15, -0.1) is 0 Å². The second-order valence-electron chi connectivity index (χ2n) is 7.33. The van der Waals surface area contributed by atoms with E-state index in [1.807, 2.05) is 0 Å². The van der Waals surface area contributed by atoms with Crippen molar-refractivity contribution in [3.8, 4) is 5.75 Å². The maximum absolute atomic E-state index is 6.69. The molecule has 2 aliphatic heterocycles. The predicted molar refractivity (Wildman–Crippen MR) is 96.2 cm³/mol. The Kier molecular flexibility index (Phi) is 2.76. The van der Waals surface area contributed by atoms with Crippen LogP contribution in [0.2, 0.25) is 0 Å². The average molecular weight is 305 g/mol. The highest BCUT2D eigenvalue weighted by molar-refractivity contribution is 5.73. The number of benzene rings is 2. The molecule has 0 aromatic heterocycles. The summed E-state index contributed by atoms with van der Waals surface area (Å²) in [5.41, 5.74) is 5.66. The summed E-state index contributed by atoms with van der Waals surface area (Å²) in [6.07, 6.45) is 4.47. The Balaban J connectivity index is 1.92. The maximum Gasteiger partial charge on any atom is 0.211 e. The molecule has 0 fully saturated rings. The highest BCUT2D eigenvalue weighted by atomic mass is 16.5. The number of hydrogen-bond donors (Lipinski definition) is 0. The van der Waals surface area contributed by atoms with E-state index in [0.717, 1.165) is 5.75 Å². The van der Waals surface area contributed by atoms with E-state index in [1.165, 1.54) is 27.9 Å². The van der Waals surface area contributed by atoms with Crippen molar-refractivity contribution < 1.29 is 4.74 Å². The molecular formula is C21H23NO. The van der Waals surface area contributed by atoms with E-state index in [9.17, 15) is 0 Å². The maximum atomic E-state index is 6.69. The van der Waals surface area contributed by atoms with Gasteiger partial charge in [0.15, 0.2) is 0 Å². The van der Waals surface area contributed by atoms with Crippen LogP contribution in [0.3, 0.4) is 0 Å². The molecule has 0 aliphatic carbocycles. The number of likely N-dealkylation sites (N-methyl/N-ethyl adjacent to an activating group) is 1. The fourth-order valence-corrected chi connectivity index (χ4v) is 4.24. The molecule has 0 amide bonds. The van der Waals surface area contributed by atoms with E-state index < -0.39 is 5.72 Å². The van der Waals surface area contributed by atoms with Gasteiger partial charge in [0.1, 0.15) is 5.75 Å². The van der Waals surface area contributed by atoms with Gasteiger partial charge < -0.3 is 9.64 Å². The molecule has 2 nitrogen and oxygen atoms in total. The summed E-state index contributed by atoms with van der Waals surface area (Å²) in [5, 5.41) is 0. The largest absolute Gasteiger partial charge is 0.463 e. The fraction of sp³-hybridized carbons (Fsp3) is 0.333. The summed E-state index contributed by atoms with van der Waals surface area (Å²) in [4.78, 5) is 2.28. The van der Waals surface area contributed by atoms with E-state index in [4.69, 9.17) is 4.74 Å². The van der Waals surface area contributed by atoms with E-state index in [1.54, 1.807) is 0 Å². The van der Waals surface area contributed by atoms with Crippen molar-refractivity contribution in [3.63, 3.8) is 0 Å². The van der Waals surface area contributed by atoms with Crippen LogP contribution >= 0.6 is 0 Å². The number of ether oxygens (including phenoxy) is 1. The zero-order chi connectivity index (χ0) is 16.4. The van der Waals surface area contributed by atoms with Crippen LogP contribution in [0, 0.1) is 13.8 Å². The van der Waals surface area contributed by atoms with E-state index in [0.29, 0.717) is 0 Å². The molecule has 0 bridgehead atoms. The van der Waals surface area contributed by atoms with Gasteiger partial charge in [-0.1, -0.05) is 24.3 Å². The van der Waals surface area contributed by atoms with E-state index in [2.05, 4.69) is 88.2 Å². The molecule has 0 saturated carbocycles. The first-order valence-corrected chi connectivity index (χ1v) is 8.20. The topological polar surface area (TPSA) is 12.5 Å². The van der Waals surface area contributed by atoms with Crippen LogP contribution in [0.5, 0.6) is 5.75 Å². The normalized spacial score (nSPS) is 23.6. The lowest BCUT2D eigenvalue weighted by molar-refractivity contribution is 0.0580. The van der Waals surface area contributed by atoms with Crippen molar-refractivity contribution in [2.24, 2.45) is 0 Å². The van der Waals surface area contributed by atoms with Gasteiger partial charge in [-0.2, -0.15) is 0 Å². The molecule has 1 atom stereocenters. The van der Waals surface area contributed by atoms with E-state index >= 15 is 0 Å². The van der Waals surface area contributed by atoms with Crippen LogP contribution in [-0.2, 0) is 5.41 Å². The molecule has 4 rings (SSSR count). The Morgan fingerprint density at radius 3 is 2.52 bits per heavy atom. The molecule has 23 heavy (non-hydrogen) atoms. The van der Waals surface area contributed by atoms with Crippen molar-refractivity contribution in [2.75, 3.05) is 11.9 Å². The monoisotopic (exact) mass is 305 g/mol. The number of nitrogens with zero attached hydrogens (tertiary/aromatic N) is 1. The molecule has 2 heterocycles. The van der Waals surface area contributed by atoms with Gasteiger partial charge in [0.2, 0.25) is 5.72 Å². The first-order chi connectivity index (χ1) is 10.9. The number of para-hydroxylation sites is 1. The predicted octanol–water partition coefficient (Wildman–Crippen LogP) is 4.83. The van der Waals surface area contributed by atoms with Crippen LogP contribution in [0.15, 0.2) is 42.5 Å². The molecule has 2 aromatic carbocycles. The standard InChI is InChI=1S/C21H23NO/c1-14-12-15(2)16-10-11-21(23-19(16)13-14)20(3,4)17-8-6-7-9-18(17)22(21)5/h6-13H,1-5H3. The Labute approximate surface area is 138 Å². The van der Waals surface area contributed by atoms with Gasteiger partial charge in [-0.3, -0.25) is 0 Å². The molecule has 0 N–H and O–H groups in total. The first-order valence-electron chi connectivity index (χ1n) is 8.20. The van der Waals surface area contributed by atoms with Crippen LogP contribution in [-0.4, -0.2) is 12.8 Å². The third kappa shape index (κ3) is 1.69. The summed E-state index contributed by atoms with van der Waals surface area (Å²) in [7, 11) is 2.13. The van der Waals surface area contributed by atoms with Gasteiger partial charge in [0, 0.05) is 18.3 Å². The second kappa shape index (κ2) is 4.41. The Bertz CT molecular complexity index is 834. The van der Waals surface area contributed by atoms with Crippen LogP contribution in [0.4, 0.5) is 5.69 Å². The highest BCUT2D eigenvalue weighted by Gasteiger charge is 2.57. The molecule has 118 valence electrons. The number of hydrogen-bond acceptors (Lipinski definition) is 2. The molecule has 0 radical (unpaired) electrons. The van der Waals surface area contributed by atoms with Crippen molar-refractivity contribution in [3.05, 3.63) is 64.7 Å². The minimum atomic E-state index is -0.482. The summed E-state index contributed by atoms with van der Waals surface area (Å²) < 4.78 is 6.69. The van der Waals surface area contributed by atoms with Crippen LogP contribution in [0.1, 0.15) is 36.1 Å². The van der Waals surface area contributed by atoms with Gasteiger partial charge in [-0.05, 0) is 68.7 Å². The number of rotatable bonds is 0. The molecule has 2 aromatic rings. The van der Waals surface area contributed by atoms with Gasteiger partial charge in [0.25, 0.3) is 0 Å². The Morgan fingerprint density at radius 2 is 1.78 bits per heavy atom. The fourth-order valence-electron chi connectivity index (χ4n) is 4.24. The summed E-state index contributed by atoms with van der Waals surface area (Å²) in [6, 6.07) is 13.0. The second-order valence-corrected chi connectivity index (χ2v) is 7.33. The average Bonchev–Trinajstić information content (AvgIpc) is 2.67. The summed E-state index contributed by atoms with van der Waals surface area (Å²) in [6.45, 7) is 8.82. The van der Waals surface area contributed by atoms with Crippen molar-refractivity contribution in [2.45, 2.75) is 38.8 Å². The number of aryl methyl sites for hydroxylation is 2. The summed E-state index contributed by atoms with van der Waals surface area (Å²) >= 11 is 0. The SMILES string of the molecule is Cc1cc(C)c2c(c1)OC1(C=C2)N(C)c2ccccc2C1(C)C. The quantitative estimate of drug-likeness (QED) is 0.691. The Morgan fingerprint density at radius 1 is 1.04 bits per heavy atom. The molecular weight excluding hydrogens is 282 g/mol. The zero-order valence-electron chi connectivity index (χ0n) is 14.5. The lowest BCUT2D eigenvalue weighted by atomic mass is 9.76. The third-order valence-electron chi connectivity index (χ3n) is 5.57. The van der Waals surface area contributed by atoms with Gasteiger partial charge in [-0.25, -0.2) is 0 Å². The van der Waals surface area contributed by atoms with Crippen LogP contribution < -0.4 is 9.64 Å². The smallest absolute Gasteiger partial charge is 0.211 e. The van der Waals surface area contributed by atoms with Crippen molar-refractivity contribution >= 4 is 11.8 Å². The molecule has 2 aliphatic rings. The van der Waals surface area contributed by atoms with Gasteiger partial charge in [0.05, 0.1) is 5.41 Å². The van der Waals surface area contributed by atoms with Gasteiger partial charge >= 0.3 is 0 Å².